The summed E-state index contributed by atoms with van der Waals surface area (Å²) in [5, 5.41) is 13.2. The minimum atomic E-state index is -0.208. The van der Waals surface area contributed by atoms with Gasteiger partial charge in [-0.3, -0.25) is 0 Å². The molecule has 0 spiro atoms. The second kappa shape index (κ2) is 6.90. The SMILES string of the molecule is CC1Nc2ccccc2-c2nnc(SCc3ccccc3Cl)nc2O1. The third-order valence-corrected chi connectivity index (χ3v) is 5.03. The van der Waals surface area contributed by atoms with Crippen LogP contribution < -0.4 is 10.1 Å². The number of thioether (sulfide) groups is 1. The molecule has 1 aliphatic heterocycles. The summed E-state index contributed by atoms with van der Waals surface area (Å²) >= 11 is 7.68. The molecule has 0 saturated heterocycles. The first kappa shape index (κ1) is 16.2. The van der Waals surface area contributed by atoms with Crippen molar-refractivity contribution in [1.82, 2.24) is 15.2 Å². The fraction of sp³-hybridized carbons (Fsp3) is 0.167. The topological polar surface area (TPSA) is 59.9 Å². The number of halogens is 1. The van der Waals surface area contributed by atoms with Crippen LogP contribution in [0.3, 0.4) is 0 Å². The standard InChI is InChI=1S/C18H15ClN4OS/c1-11-20-15-9-5-3-7-13(15)16-17(24-11)21-18(23-22-16)25-10-12-6-2-4-8-14(12)19/h2-9,11,20H,10H2,1H3. The van der Waals surface area contributed by atoms with Gasteiger partial charge in [0.05, 0.1) is 0 Å². The van der Waals surface area contributed by atoms with Gasteiger partial charge in [-0.25, -0.2) is 0 Å². The van der Waals surface area contributed by atoms with Crippen molar-refractivity contribution < 1.29 is 4.74 Å². The Labute approximate surface area is 154 Å². The molecule has 1 unspecified atom stereocenters. The van der Waals surface area contributed by atoms with Gasteiger partial charge in [0.25, 0.3) is 0 Å². The summed E-state index contributed by atoms with van der Waals surface area (Å²) < 4.78 is 5.89. The molecule has 25 heavy (non-hydrogen) atoms. The van der Waals surface area contributed by atoms with Gasteiger partial charge in [0, 0.05) is 22.0 Å². The molecule has 7 heteroatoms. The van der Waals surface area contributed by atoms with Gasteiger partial charge in [-0.2, -0.15) is 4.98 Å². The third-order valence-electron chi connectivity index (χ3n) is 3.78. The van der Waals surface area contributed by atoms with Gasteiger partial charge in [0.2, 0.25) is 11.0 Å². The Morgan fingerprint density at radius 3 is 2.80 bits per heavy atom. The van der Waals surface area contributed by atoms with Crippen LogP contribution in [-0.4, -0.2) is 21.4 Å². The van der Waals surface area contributed by atoms with Gasteiger partial charge in [-0.05, 0) is 24.6 Å². The molecule has 1 atom stereocenters. The number of ether oxygens (including phenoxy) is 1. The minimum absolute atomic E-state index is 0.208. The molecule has 2 aromatic carbocycles. The summed E-state index contributed by atoms with van der Waals surface area (Å²) in [6.45, 7) is 1.94. The zero-order chi connectivity index (χ0) is 17.2. The number of hydrogen-bond acceptors (Lipinski definition) is 6. The summed E-state index contributed by atoms with van der Waals surface area (Å²) in [4.78, 5) is 4.55. The van der Waals surface area contributed by atoms with Gasteiger partial charge in [0.15, 0.2) is 11.9 Å². The largest absolute Gasteiger partial charge is 0.452 e. The zero-order valence-corrected chi connectivity index (χ0v) is 15.0. The molecule has 1 aromatic heterocycles. The van der Waals surface area contributed by atoms with Gasteiger partial charge >= 0.3 is 0 Å². The highest BCUT2D eigenvalue weighted by Gasteiger charge is 2.22. The summed E-state index contributed by atoms with van der Waals surface area (Å²) in [5.41, 5.74) is 3.58. The quantitative estimate of drug-likeness (QED) is 0.678. The molecule has 0 radical (unpaired) electrons. The second-order valence-electron chi connectivity index (χ2n) is 5.58. The lowest BCUT2D eigenvalue weighted by Crippen LogP contribution is -2.21. The molecule has 2 heterocycles. The second-order valence-corrected chi connectivity index (χ2v) is 6.93. The van der Waals surface area contributed by atoms with E-state index in [4.69, 9.17) is 16.3 Å². The molecule has 5 nitrogen and oxygen atoms in total. The van der Waals surface area contributed by atoms with E-state index in [0.717, 1.165) is 21.8 Å². The van der Waals surface area contributed by atoms with E-state index < -0.39 is 0 Å². The molecule has 0 saturated carbocycles. The predicted molar refractivity (Wildman–Crippen MR) is 100.0 cm³/mol. The zero-order valence-electron chi connectivity index (χ0n) is 13.4. The lowest BCUT2D eigenvalue weighted by molar-refractivity contribution is 0.240. The maximum Gasteiger partial charge on any atom is 0.247 e. The Hall–Kier alpha value is -2.31. The fourth-order valence-corrected chi connectivity index (χ4v) is 3.66. The van der Waals surface area contributed by atoms with Crippen molar-refractivity contribution in [2.75, 3.05) is 5.32 Å². The van der Waals surface area contributed by atoms with Crippen LogP contribution in [0.2, 0.25) is 5.02 Å². The first-order chi connectivity index (χ1) is 12.2. The molecular weight excluding hydrogens is 356 g/mol. The highest BCUT2D eigenvalue weighted by atomic mass is 35.5. The number of fused-ring (bicyclic) bond motifs is 3. The molecule has 0 amide bonds. The monoisotopic (exact) mass is 370 g/mol. The van der Waals surface area contributed by atoms with Crippen LogP contribution in [0.4, 0.5) is 5.69 Å². The Kier molecular flexibility index (Phi) is 4.46. The number of hydrogen-bond donors (Lipinski definition) is 1. The first-order valence-electron chi connectivity index (χ1n) is 7.84. The van der Waals surface area contributed by atoms with E-state index in [1.165, 1.54) is 11.8 Å². The lowest BCUT2D eigenvalue weighted by atomic mass is 10.1. The van der Waals surface area contributed by atoms with E-state index in [1.54, 1.807) is 0 Å². The molecule has 0 fully saturated rings. The van der Waals surface area contributed by atoms with Crippen LogP contribution in [-0.2, 0) is 5.75 Å². The number of nitrogens with one attached hydrogen (secondary N) is 1. The number of para-hydroxylation sites is 1. The van der Waals surface area contributed by atoms with Crippen LogP contribution in [0.25, 0.3) is 11.3 Å². The summed E-state index contributed by atoms with van der Waals surface area (Å²) in [5.74, 6) is 1.16. The number of nitrogens with zero attached hydrogens (tertiary/aromatic N) is 3. The van der Waals surface area contributed by atoms with E-state index in [2.05, 4.69) is 20.5 Å². The Bertz CT molecular complexity index is 921. The summed E-state index contributed by atoms with van der Waals surface area (Å²) in [6.07, 6.45) is -0.208. The van der Waals surface area contributed by atoms with E-state index >= 15 is 0 Å². The summed E-state index contributed by atoms with van der Waals surface area (Å²) in [7, 11) is 0. The lowest BCUT2D eigenvalue weighted by Gasteiger charge is -2.13. The van der Waals surface area contributed by atoms with E-state index in [-0.39, 0.29) is 6.23 Å². The normalized spacial score (nSPS) is 15.4. The van der Waals surface area contributed by atoms with Gasteiger partial charge in [-0.15, -0.1) is 10.2 Å². The van der Waals surface area contributed by atoms with Crippen molar-refractivity contribution in [3.8, 4) is 17.1 Å². The van der Waals surface area contributed by atoms with E-state index in [0.29, 0.717) is 22.5 Å². The number of rotatable bonds is 3. The van der Waals surface area contributed by atoms with E-state index in [9.17, 15) is 0 Å². The Balaban J connectivity index is 1.63. The van der Waals surface area contributed by atoms with Crippen molar-refractivity contribution >= 4 is 29.1 Å². The molecular formula is C18H15ClN4OS. The van der Waals surface area contributed by atoms with Crippen molar-refractivity contribution in [2.45, 2.75) is 24.1 Å². The molecule has 3 aromatic rings. The van der Waals surface area contributed by atoms with Crippen LogP contribution in [0.5, 0.6) is 5.88 Å². The minimum Gasteiger partial charge on any atom is -0.452 e. The molecule has 1 N–H and O–H groups in total. The first-order valence-corrected chi connectivity index (χ1v) is 9.20. The van der Waals surface area contributed by atoms with Crippen molar-refractivity contribution in [3.05, 3.63) is 59.1 Å². The molecule has 0 aliphatic carbocycles. The van der Waals surface area contributed by atoms with Gasteiger partial charge < -0.3 is 10.1 Å². The average molecular weight is 371 g/mol. The predicted octanol–water partition coefficient (Wildman–Crippen LogP) is 4.63. The molecule has 4 rings (SSSR count). The van der Waals surface area contributed by atoms with Crippen LogP contribution >= 0.6 is 23.4 Å². The van der Waals surface area contributed by atoms with Gasteiger partial charge in [0.1, 0.15) is 0 Å². The van der Waals surface area contributed by atoms with E-state index in [1.807, 2.05) is 55.5 Å². The highest BCUT2D eigenvalue weighted by Crippen LogP contribution is 2.36. The number of benzene rings is 2. The number of aromatic nitrogens is 3. The third kappa shape index (κ3) is 3.41. The fourth-order valence-electron chi connectivity index (χ4n) is 2.60. The Morgan fingerprint density at radius 1 is 1.12 bits per heavy atom. The van der Waals surface area contributed by atoms with Crippen LogP contribution in [0.15, 0.2) is 53.7 Å². The van der Waals surface area contributed by atoms with Crippen molar-refractivity contribution in [1.29, 1.82) is 0 Å². The van der Waals surface area contributed by atoms with Crippen molar-refractivity contribution in [2.24, 2.45) is 0 Å². The van der Waals surface area contributed by atoms with Crippen LogP contribution in [0, 0.1) is 0 Å². The van der Waals surface area contributed by atoms with Crippen molar-refractivity contribution in [3.63, 3.8) is 0 Å². The molecule has 0 bridgehead atoms. The summed E-state index contributed by atoms with van der Waals surface area (Å²) in [6, 6.07) is 15.6. The molecule has 126 valence electrons. The smallest absolute Gasteiger partial charge is 0.247 e. The average Bonchev–Trinajstić information content (AvgIpc) is 2.75. The highest BCUT2D eigenvalue weighted by molar-refractivity contribution is 7.98. The molecule has 1 aliphatic rings. The van der Waals surface area contributed by atoms with Gasteiger partial charge in [-0.1, -0.05) is 59.8 Å². The van der Waals surface area contributed by atoms with Crippen LogP contribution in [0.1, 0.15) is 12.5 Å². The Morgan fingerprint density at radius 2 is 1.92 bits per heavy atom. The number of anilines is 1. The maximum atomic E-state index is 6.20. The maximum absolute atomic E-state index is 6.20.